The van der Waals surface area contributed by atoms with Crippen molar-refractivity contribution in [2.75, 3.05) is 19.0 Å². The molecule has 4 nitrogen and oxygen atoms in total. The number of imidazole rings is 1. The van der Waals surface area contributed by atoms with Crippen molar-refractivity contribution in [3.8, 4) is 0 Å². The van der Waals surface area contributed by atoms with Gasteiger partial charge in [-0.3, -0.25) is 0 Å². The number of anilines is 1. The Balaban J connectivity index is 1.95. The molecule has 0 saturated heterocycles. The summed E-state index contributed by atoms with van der Waals surface area (Å²) < 4.78 is 8.41. The number of pyridine rings is 1. The maximum Gasteiger partial charge on any atom is 0.132 e. The highest BCUT2D eigenvalue weighted by Gasteiger charge is 2.10. The highest BCUT2D eigenvalue weighted by molar-refractivity contribution is 9.10. The molecule has 0 fully saturated rings. The lowest BCUT2D eigenvalue weighted by molar-refractivity contribution is 0.506. The molecule has 3 aromatic rings. The van der Waals surface area contributed by atoms with E-state index in [9.17, 15) is 0 Å². The number of aromatic nitrogens is 2. The second-order valence-electron chi connectivity index (χ2n) is 4.94. The normalized spacial score (nSPS) is 11.2. The van der Waals surface area contributed by atoms with Crippen LogP contribution in [0.1, 0.15) is 11.6 Å². The fourth-order valence-electron chi connectivity index (χ4n) is 2.23. The van der Waals surface area contributed by atoms with Crippen molar-refractivity contribution in [3.05, 3.63) is 52.9 Å². The third-order valence-corrected chi connectivity index (χ3v) is 3.92. The Morgan fingerprint density at radius 1 is 1.25 bits per heavy atom. The Morgan fingerprint density at radius 2 is 2.10 bits per heavy atom. The summed E-state index contributed by atoms with van der Waals surface area (Å²) in [5.41, 5.74) is 2.24. The maximum atomic E-state index is 5.38. The van der Waals surface area contributed by atoms with Crippen molar-refractivity contribution < 1.29 is 4.42 Å². The van der Waals surface area contributed by atoms with Crippen LogP contribution in [0.2, 0.25) is 0 Å². The smallest absolute Gasteiger partial charge is 0.132 e. The molecule has 0 atom stereocenters. The molecule has 5 heteroatoms. The number of hydrogen-bond donors (Lipinski definition) is 0. The van der Waals surface area contributed by atoms with E-state index in [1.807, 2.05) is 26.2 Å². The van der Waals surface area contributed by atoms with Crippen molar-refractivity contribution in [2.45, 2.75) is 12.8 Å². The topological polar surface area (TPSA) is 33.7 Å². The predicted octanol–water partition coefficient (Wildman–Crippen LogP) is 3.54. The van der Waals surface area contributed by atoms with Crippen LogP contribution >= 0.6 is 15.9 Å². The Morgan fingerprint density at radius 3 is 2.80 bits per heavy atom. The Kier molecular flexibility index (Phi) is 3.53. The molecule has 0 N–H and O–H groups in total. The number of halogens is 1. The van der Waals surface area contributed by atoms with Gasteiger partial charge in [-0.05, 0) is 40.2 Å². The molecule has 3 heterocycles. The summed E-state index contributed by atoms with van der Waals surface area (Å²) in [6, 6.07) is 8.09. The molecule has 20 heavy (non-hydrogen) atoms. The van der Waals surface area contributed by atoms with Crippen LogP contribution in [0.25, 0.3) is 5.52 Å². The minimum Gasteiger partial charge on any atom is -0.469 e. The molecule has 0 spiro atoms. The van der Waals surface area contributed by atoms with Crippen molar-refractivity contribution in [2.24, 2.45) is 0 Å². The number of fused-ring (bicyclic) bond motifs is 1. The Labute approximate surface area is 126 Å². The second kappa shape index (κ2) is 5.32. The first kappa shape index (κ1) is 13.2. The van der Waals surface area contributed by atoms with Gasteiger partial charge >= 0.3 is 0 Å². The third kappa shape index (κ3) is 2.45. The molecule has 0 amide bonds. The summed E-state index contributed by atoms with van der Waals surface area (Å²) in [6.45, 7) is 0. The van der Waals surface area contributed by atoms with Crippen LogP contribution in [0.3, 0.4) is 0 Å². The molecule has 0 bridgehead atoms. The van der Waals surface area contributed by atoms with Crippen molar-refractivity contribution in [1.82, 2.24) is 9.38 Å². The van der Waals surface area contributed by atoms with E-state index in [2.05, 4.69) is 48.5 Å². The fourth-order valence-corrected chi connectivity index (χ4v) is 2.75. The summed E-state index contributed by atoms with van der Waals surface area (Å²) in [5.74, 6) is 2.02. The van der Waals surface area contributed by atoms with E-state index in [1.165, 1.54) is 0 Å². The average molecular weight is 334 g/mol. The number of furan rings is 1. The van der Waals surface area contributed by atoms with Crippen molar-refractivity contribution in [1.29, 1.82) is 0 Å². The van der Waals surface area contributed by atoms with E-state index >= 15 is 0 Å². The van der Waals surface area contributed by atoms with Crippen LogP contribution < -0.4 is 4.90 Å². The van der Waals surface area contributed by atoms with Gasteiger partial charge in [0.05, 0.1) is 17.5 Å². The predicted molar refractivity (Wildman–Crippen MR) is 83.3 cm³/mol. The first-order valence-corrected chi connectivity index (χ1v) is 7.30. The van der Waals surface area contributed by atoms with Crippen molar-refractivity contribution in [3.63, 3.8) is 0 Å². The van der Waals surface area contributed by atoms with Gasteiger partial charge < -0.3 is 13.7 Å². The molecule has 0 aromatic carbocycles. The molecule has 0 unspecified atom stereocenters. The molecule has 0 saturated carbocycles. The van der Waals surface area contributed by atoms with Crippen LogP contribution in [-0.2, 0) is 12.8 Å². The van der Waals surface area contributed by atoms with Gasteiger partial charge in [-0.1, -0.05) is 0 Å². The zero-order valence-corrected chi connectivity index (χ0v) is 13.1. The highest BCUT2D eigenvalue weighted by atomic mass is 79.9. The SMILES string of the molecule is CN(C)c1ccc2c(Br)nc(CCc3ccco3)n2c1. The standard InChI is InChI=1S/C15H16BrN3O/c1-18(2)11-5-7-13-15(16)17-14(19(13)10-11)8-6-12-4-3-9-20-12/h3-5,7,9-10H,6,8H2,1-2H3. The highest BCUT2D eigenvalue weighted by Crippen LogP contribution is 2.23. The fraction of sp³-hybridized carbons (Fsp3) is 0.267. The van der Waals surface area contributed by atoms with E-state index in [1.54, 1.807) is 6.26 Å². The van der Waals surface area contributed by atoms with E-state index in [0.717, 1.165) is 40.2 Å². The Bertz CT molecular complexity index is 716. The van der Waals surface area contributed by atoms with Gasteiger partial charge in [0.1, 0.15) is 16.2 Å². The lowest BCUT2D eigenvalue weighted by atomic mass is 10.2. The molecule has 0 aliphatic rings. The summed E-state index contributed by atoms with van der Waals surface area (Å²) in [4.78, 5) is 6.70. The molecule has 0 radical (unpaired) electrons. The molecule has 3 aromatic heterocycles. The van der Waals surface area contributed by atoms with E-state index in [4.69, 9.17) is 4.42 Å². The molecule has 104 valence electrons. The first-order valence-electron chi connectivity index (χ1n) is 6.51. The van der Waals surface area contributed by atoms with Crippen LogP contribution in [0, 0.1) is 0 Å². The maximum absolute atomic E-state index is 5.38. The molecule has 3 rings (SSSR count). The first-order chi connectivity index (χ1) is 9.65. The molecular formula is C15H16BrN3O. The monoisotopic (exact) mass is 333 g/mol. The summed E-state index contributed by atoms with van der Waals surface area (Å²) in [5, 5.41) is 0. The number of aryl methyl sites for hydroxylation is 2. The van der Waals surface area contributed by atoms with Crippen LogP contribution in [-0.4, -0.2) is 23.5 Å². The van der Waals surface area contributed by atoms with Crippen molar-refractivity contribution >= 4 is 27.1 Å². The second-order valence-corrected chi connectivity index (χ2v) is 5.69. The zero-order valence-electron chi connectivity index (χ0n) is 11.5. The minimum atomic E-state index is 0.844. The largest absolute Gasteiger partial charge is 0.469 e. The van der Waals surface area contributed by atoms with Gasteiger partial charge in [0.15, 0.2) is 0 Å². The molecule has 0 aliphatic carbocycles. The van der Waals surface area contributed by atoms with Gasteiger partial charge in [0.25, 0.3) is 0 Å². The summed E-state index contributed by atoms with van der Waals surface area (Å²) in [6.07, 6.45) is 5.52. The van der Waals surface area contributed by atoms with Gasteiger partial charge in [0.2, 0.25) is 0 Å². The molecule has 0 aliphatic heterocycles. The number of rotatable bonds is 4. The summed E-state index contributed by atoms with van der Waals surface area (Å²) >= 11 is 3.53. The lowest BCUT2D eigenvalue weighted by Gasteiger charge is -2.13. The van der Waals surface area contributed by atoms with E-state index < -0.39 is 0 Å². The van der Waals surface area contributed by atoms with Crippen LogP contribution in [0.5, 0.6) is 0 Å². The zero-order chi connectivity index (χ0) is 14.1. The van der Waals surface area contributed by atoms with E-state index in [0.29, 0.717) is 0 Å². The van der Waals surface area contributed by atoms with E-state index in [-0.39, 0.29) is 0 Å². The summed E-state index contributed by atoms with van der Waals surface area (Å²) in [7, 11) is 4.07. The lowest BCUT2D eigenvalue weighted by Crippen LogP contribution is -2.09. The van der Waals surface area contributed by atoms with Gasteiger partial charge in [-0.2, -0.15) is 0 Å². The van der Waals surface area contributed by atoms with Gasteiger partial charge in [0, 0.05) is 33.1 Å². The van der Waals surface area contributed by atoms with Crippen LogP contribution in [0.4, 0.5) is 5.69 Å². The number of hydrogen-bond acceptors (Lipinski definition) is 3. The average Bonchev–Trinajstić information content (AvgIpc) is 3.05. The third-order valence-electron chi connectivity index (χ3n) is 3.34. The minimum absolute atomic E-state index is 0.844. The Hall–Kier alpha value is -1.75. The van der Waals surface area contributed by atoms with Gasteiger partial charge in [-0.15, -0.1) is 0 Å². The van der Waals surface area contributed by atoms with Crippen LogP contribution in [0.15, 0.2) is 45.7 Å². The van der Waals surface area contributed by atoms with Gasteiger partial charge in [-0.25, -0.2) is 4.98 Å². The quantitative estimate of drug-likeness (QED) is 0.732. The molecular weight excluding hydrogens is 318 g/mol. The number of nitrogens with zero attached hydrogens (tertiary/aromatic N) is 3.